The zero-order chi connectivity index (χ0) is 20.6. The zero-order valence-electron chi connectivity index (χ0n) is 16.3. The lowest BCUT2D eigenvalue weighted by molar-refractivity contribution is 0.214. The Bertz CT molecular complexity index is 899. The molecule has 0 aliphatic carbocycles. The highest BCUT2D eigenvalue weighted by atomic mass is 32.2. The van der Waals surface area contributed by atoms with Crippen molar-refractivity contribution in [2.24, 2.45) is 4.99 Å². The molecule has 6 nitrogen and oxygen atoms in total. The lowest BCUT2D eigenvalue weighted by Gasteiger charge is -2.18. The molecule has 0 aromatic heterocycles. The van der Waals surface area contributed by atoms with E-state index >= 15 is 0 Å². The van der Waals surface area contributed by atoms with Gasteiger partial charge in [0.05, 0.1) is 11.4 Å². The minimum absolute atomic E-state index is 0.220. The summed E-state index contributed by atoms with van der Waals surface area (Å²) < 4.78 is 42.2. The van der Waals surface area contributed by atoms with E-state index in [1.807, 2.05) is 6.92 Å². The number of nitrogens with zero attached hydrogens (tertiary/aromatic N) is 1. The van der Waals surface area contributed by atoms with E-state index in [2.05, 4.69) is 15.6 Å². The maximum Gasteiger partial charge on any atom is 0.191 e. The summed E-state index contributed by atoms with van der Waals surface area (Å²) in [6.45, 7) is 2.92. The third-order valence-electron chi connectivity index (χ3n) is 4.00. The number of benzene rings is 2. The van der Waals surface area contributed by atoms with Crippen LogP contribution in [0.2, 0.25) is 0 Å². The summed E-state index contributed by atoms with van der Waals surface area (Å²) in [5, 5.41) is 6.32. The van der Waals surface area contributed by atoms with Gasteiger partial charge < -0.3 is 15.4 Å². The second-order valence-corrected chi connectivity index (χ2v) is 8.42. The number of aliphatic imine (C=N–C) groups is 1. The quantitative estimate of drug-likeness (QED) is 0.519. The van der Waals surface area contributed by atoms with Crippen LogP contribution in [0.3, 0.4) is 0 Å². The lowest BCUT2D eigenvalue weighted by atomic mass is 10.1. The van der Waals surface area contributed by atoms with Crippen LogP contribution in [0.15, 0.2) is 58.4 Å². The molecule has 152 valence electrons. The Kier molecular flexibility index (Phi) is 7.80. The minimum atomic E-state index is -3.18. The number of para-hydroxylation sites is 1. The maximum absolute atomic E-state index is 13.6. The number of halogens is 1. The zero-order valence-corrected chi connectivity index (χ0v) is 17.1. The Morgan fingerprint density at radius 1 is 1.14 bits per heavy atom. The van der Waals surface area contributed by atoms with Crippen LogP contribution in [0.1, 0.15) is 12.5 Å². The van der Waals surface area contributed by atoms with Gasteiger partial charge in [0.2, 0.25) is 0 Å². The number of sulfone groups is 1. The first kappa shape index (κ1) is 21.7. The van der Waals surface area contributed by atoms with Gasteiger partial charge in [-0.3, -0.25) is 4.99 Å². The fourth-order valence-corrected chi connectivity index (χ4v) is 3.12. The van der Waals surface area contributed by atoms with Crippen molar-refractivity contribution in [3.05, 3.63) is 59.9 Å². The standard InChI is InChI=1S/C20H26FN3O3S/c1-15(27-19-7-5-4-6-18(19)21)14-24-20(22-2)23-13-12-16-8-10-17(11-9-16)28(3,25)26/h4-11,15H,12-14H2,1-3H3,(H2,22,23,24). The van der Waals surface area contributed by atoms with E-state index in [-0.39, 0.29) is 11.9 Å². The second-order valence-electron chi connectivity index (χ2n) is 6.40. The Morgan fingerprint density at radius 3 is 2.43 bits per heavy atom. The number of rotatable bonds is 8. The van der Waals surface area contributed by atoms with E-state index in [1.54, 1.807) is 49.5 Å². The number of ether oxygens (including phenoxy) is 1. The Labute approximate surface area is 165 Å². The molecule has 0 radical (unpaired) electrons. The Morgan fingerprint density at radius 2 is 1.82 bits per heavy atom. The highest BCUT2D eigenvalue weighted by Gasteiger charge is 2.09. The molecular formula is C20H26FN3O3S. The van der Waals surface area contributed by atoms with Crippen LogP contribution >= 0.6 is 0 Å². The van der Waals surface area contributed by atoms with Gasteiger partial charge in [0.25, 0.3) is 0 Å². The largest absolute Gasteiger partial charge is 0.486 e. The summed E-state index contributed by atoms with van der Waals surface area (Å²) in [5.74, 6) is 0.438. The summed E-state index contributed by atoms with van der Waals surface area (Å²) in [5.41, 5.74) is 1.02. The highest BCUT2D eigenvalue weighted by molar-refractivity contribution is 7.90. The van der Waals surface area contributed by atoms with E-state index < -0.39 is 15.7 Å². The van der Waals surface area contributed by atoms with E-state index in [9.17, 15) is 12.8 Å². The van der Waals surface area contributed by atoms with Crippen LogP contribution in [0.25, 0.3) is 0 Å². The van der Waals surface area contributed by atoms with Crippen molar-refractivity contribution in [2.45, 2.75) is 24.3 Å². The molecule has 1 unspecified atom stereocenters. The highest BCUT2D eigenvalue weighted by Crippen LogP contribution is 2.16. The summed E-state index contributed by atoms with van der Waals surface area (Å²) in [6, 6.07) is 13.1. The molecule has 0 saturated heterocycles. The monoisotopic (exact) mass is 407 g/mol. The smallest absolute Gasteiger partial charge is 0.191 e. The molecule has 8 heteroatoms. The molecule has 0 amide bonds. The molecule has 28 heavy (non-hydrogen) atoms. The van der Waals surface area contributed by atoms with E-state index in [1.165, 1.54) is 12.3 Å². The molecule has 2 rings (SSSR count). The van der Waals surface area contributed by atoms with E-state index in [0.29, 0.717) is 30.4 Å². The van der Waals surface area contributed by atoms with E-state index in [4.69, 9.17) is 4.74 Å². The fraction of sp³-hybridized carbons (Fsp3) is 0.350. The van der Waals surface area contributed by atoms with Gasteiger partial charge >= 0.3 is 0 Å². The molecule has 0 aliphatic heterocycles. The van der Waals surface area contributed by atoms with Crippen molar-refractivity contribution in [1.82, 2.24) is 10.6 Å². The molecule has 0 saturated carbocycles. The summed E-state index contributed by atoms with van der Waals surface area (Å²) in [6.07, 6.45) is 1.65. The second kappa shape index (κ2) is 10.1. The van der Waals surface area contributed by atoms with Crippen molar-refractivity contribution in [1.29, 1.82) is 0 Å². The average molecular weight is 408 g/mol. The summed E-state index contributed by atoms with van der Waals surface area (Å²) in [4.78, 5) is 4.46. The van der Waals surface area contributed by atoms with Gasteiger partial charge in [-0.1, -0.05) is 24.3 Å². The van der Waals surface area contributed by atoms with Crippen LogP contribution in [-0.2, 0) is 16.3 Å². The molecule has 0 fully saturated rings. The summed E-state index contributed by atoms with van der Waals surface area (Å²) in [7, 11) is -1.51. The van der Waals surface area contributed by atoms with Crippen molar-refractivity contribution in [3.63, 3.8) is 0 Å². The van der Waals surface area contributed by atoms with Gasteiger partial charge in [0.1, 0.15) is 6.10 Å². The molecule has 0 heterocycles. The fourth-order valence-electron chi connectivity index (χ4n) is 2.49. The van der Waals surface area contributed by atoms with Crippen LogP contribution in [0.4, 0.5) is 4.39 Å². The number of hydrogen-bond donors (Lipinski definition) is 2. The number of hydrogen-bond acceptors (Lipinski definition) is 4. The van der Waals surface area contributed by atoms with E-state index in [0.717, 1.165) is 5.56 Å². The predicted molar refractivity (Wildman–Crippen MR) is 109 cm³/mol. The van der Waals surface area contributed by atoms with Crippen LogP contribution < -0.4 is 15.4 Å². The molecule has 1 atom stereocenters. The van der Waals surface area contributed by atoms with Crippen molar-refractivity contribution in [2.75, 3.05) is 26.4 Å². The average Bonchev–Trinajstić information content (AvgIpc) is 2.66. The van der Waals surface area contributed by atoms with Gasteiger partial charge in [0, 0.05) is 19.8 Å². The lowest BCUT2D eigenvalue weighted by Crippen LogP contribution is -2.42. The topological polar surface area (TPSA) is 79.8 Å². The molecule has 2 aromatic rings. The van der Waals surface area contributed by atoms with Crippen molar-refractivity contribution in [3.8, 4) is 5.75 Å². The first-order valence-electron chi connectivity index (χ1n) is 8.94. The Balaban J connectivity index is 1.76. The minimum Gasteiger partial charge on any atom is -0.486 e. The molecule has 2 aromatic carbocycles. The molecule has 0 aliphatic rings. The van der Waals surface area contributed by atoms with Crippen molar-refractivity contribution < 1.29 is 17.5 Å². The van der Waals surface area contributed by atoms with Crippen LogP contribution in [-0.4, -0.2) is 46.9 Å². The SMILES string of the molecule is CN=C(NCCc1ccc(S(C)(=O)=O)cc1)NCC(C)Oc1ccccc1F. The first-order chi connectivity index (χ1) is 13.3. The Hall–Kier alpha value is -2.61. The predicted octanol–water partition coefficient (Wildman–Crippen LogP) is 2.40. The molecule has 2 N–H and O–H groups in total. The van der Waals surface area contributed by atoms with Gasteiger partial charge in [0.15, 0.2) is 27.4 Å². The van der Waals surface area contributed by atoms with Gasteiger partial charge in [-0.15, -0.1) is 0 Å². The van der Waals surface area contributed by atoms with Gasteiger partial charge in [-0.25, -0.2) is 12.8 Å². The number of nitrogens with one attached hydrogen (secondary N) is 2. The van der Waals surface area contributed by atoms with Crippen molar-refractivity contribution >= 4 is 15.8 Å². The van der Waals surface area contributed by atoms with Crippen LogP contribution in [0, 0.1) is 5.82 Å². The van der Waals surface area contributed by atoms with Gasteiger partial charge in [-0.2, -0.15) is 0 Å². The number of guanidine groups is 1. The first-order valence-corrected chi connectivity index (χ1v) is 10.8. The molecular weight excluding hydrogens is 381 g/mol. The maximum atomic E-state index is 13.6. The normalized spacial score (nSPS) is 13.1. The third kappa shape index (κ3) is 6.84. The molecule has 0 spiro atoms. The third-order valence-corrected chi connectivity index (χ3v) is 5.13. The molecule has 0 bridgehead atoms. The summed E-state index contributed by atoms with van der Waals surface area (Å²) >= 11 is 0. The van der Waals surface area contributed by atoms with Crippen LogP contribution in [0.5, 0.6) is 5.75 Å². The van der Waals surface area contributed by atoms with Gasteiger partial charge in [-0.05, 0) is 43.2 Å².